The van der Waals surface area contributed by atoms with Crippen LogP contribution in [-0.4, -0.2) is 4.57 Å². The standard InChI is InChI=1S/C66H44N2/c1-2-16-45(17-3-1)46-30-32-49(33-31-46)57-22-8-12-26-62(57)67(54-39-36-47(37-40-54)52-38-41-56-53(42-52)35-34-48-18-6-7-21-55(48)56)63-27-13-9-23-58(63)59-24-10-14-28-64(59)68-65-29-15-11-25-60(65)61-43-50-19-4-5-20-51(50)44-66(61)68/h1-44H. The van der Waals surface area contributed by atoms with E-state index in [0.29, 0.717) is 0 Å². The van der Waals surface area contributed by atoms with Crippen LogP contribution in [0.5, 0.6) is 0 Å². The average molecular weight is 865 g/mol. The minimum Gasteiger partial charge on any atom is -0.309 e. The molecule has 0 aliphatic rings. The largest absolute Gasteiger partial charge is 0.309 e. The Kier molecular flexibility index (Phi) is 9.54. The predicted molar refractivity (Wildman–Crippen MR) is 290 cm³/mol. The number of benzene rings is 12. The molecule has 1 aromatic heterocycles. The number of fused-ring (bicyclic) bond motifs is 7. The molecule has 0 atom stereocenters. The van der Waals surface area contributed by atoms with Gasteiger partial charge in [-0.1, -0.05) is 212 Å². The second kappa shape index (κ2) is 16.5. The van der Waals surface area contributed by atoms with Gasteiger partial charge in [-0.2, -0.15) is 0 Å². The van der Waals surface area contributed by atoms with Gasteiger partial charge in [0.15, 0.2) is 0 Å². The van der Waals surface area contributed by atoms with E-state index in [0.717, 1.165) is 45.0 Å². The number of aromatic nitrogens is 1. The summed E-state index contributed by atoms with van der Waals surface area (Å²) in [5, 5.41) is 10.0. The molecule has 0 aliphatic carbocycles. The van der Waals surface area contributed by atoms with E-state index in [1.165, 1.54) is 76.4 Å². The third-order valence-electron chi connectivity index (χ3n) is 13.8. The number of hydrogen-bond donors (Lipinski definition) is 0. The Morgan fingerprint density at radius 3 is 1.56 bits per heavy atom. The Bertz CT molecular complexity index is 4010. The molecular weight excluding hydrogens is 821 g/mol. The fraction of sp³-hybridized carbons (Fsp3) is 0. The quantitative estimate of drug-likeness (QED) is 0.138. The Morgan fingerprint density at radius 1 is 0.250 bits per heavy atom. The maximum absolute atomic E-state index is 2.47. The van der Waals surface area contributed by atoms with Gasteiger partial charge in [-0.15, -0.1) is 0 Å². The van der Waals surface area contributed by atoms with Crippen LogP contribution in [0.2, 0.25) is 0 Å². The number of para-hydroxylation sites is 4. The lowest BCUT2D eigenvalue weighted by Crippen LogP contribution is -2.13. The molecule has 0 bridgehead atoms. The molecule has 0 saturated heterocycles. The fourth-order valence-corrected chi connectivity index (χ4v) is 10.5. The Labute approximate surface area is 395 Å². The van der Waals surface area contributed by atoms with Crippen LogP contribution in [0.1, 0.15) is 0 Å². The first-order valence-electron chi connectivity index (χ1n) is 23.4. The second-order valence-corrected chi connectivity index (χ2v) is 17.7. The van der Waals surface area contributed by atoms with Crippen LogP contribution in [0, 0.1) is 0 Å². The van der Waals surface area contributed by atoms with Crippen molar-refractivity contribution in [2.24, 2.45) is 0 Å². The normalized spacial score (nSPS) is 11.5. The van der Waals surface area contributed by atoms with Crippen molar-refractivity contribution in [1.82, 2.24) is 4.57 Å². The predicted octanol–water partition coefficient (Wildman–Crippen LogP) is 18.4. The maximum atomic E-state index is 2.47. The highest BCUT2D eigenvalue weighted by Gasteiger charge is 2.23. The highest BCUT2D eigenvalue weighted by Crippen LogP contribution is 2.47. The van der Waals surface area contributed by atoms with Crippen LogP contribution in [0.3, 0.4) is 0 Å². The Hall–Kier alpha value is -8.98. The van der Waals surface area contributed by atoms with Crippen molar-refractivity contribution >= 4 is 71.2 Å². The monoisotopic (exact) mass is 864 g/mol. The van der Waals surface area contributed by atoms with Gasteiger partial charge in [0.05, 0.1) is 28.1 Å². The molecule has 0 fully saturated rings. The minimum atomic E-state index is 1.07. The van der Waals surface area contributed by atoms with Gasteiger partial charge in [0.1, 0.15) is 0 Å². The lowest BCUT2D eigenvalue weighted by atomic mass is 9.96. The first kappa shape index (κ1) is 39.4. The average Bonchev–Trinajstić information content (AvgIpc) is 3.73. The third kappa shape index (κ3) is 6.73. The van der Waals surface area contributed by atoms with Gasteiger partial charge < -0.3 is 9.47 Å². The first-order chi connectivity index (χ1) is 33.7. The van der Waals surface area contributed by atoms with Gasteiger partial charge in [0, 0.05) is 33.2 Å². The van der Waals surface area contributed by atoms with E-state index in [4.69, 9.17) is 0 Å². The van der Waals surface area contributed by atoms with Crippen molar-refractivity contribution in [3.8, 4) is 50.2 Å². The zero-order valence-corrected chi connectivity index (χ0v) is 37.3. The maximum Gasteiger partial charge on any atom is 0.0547 e. The summed E-state index contributed by atoms with van der Waals surface area (Å²) in [6.07, 6.45) is 0. The van der Waals surface area contributed by atoms with Crippen molar-refractivity contribution in [2.75, 3.05) is 4.90 Å². The molecule has 0 amide bonds. The highest BCUT2D eigenvalue weighted by atomic mass is 15.1. The summed E-state index contributed by atoms with van der Waals surface area (Å²) in [5.74, 6) is 0. The van der Waals surface area contributed by atoms with Gasteiger partial charge in [-0.25, -0.2) is 0 Å². The Morgan fingerprint density at radius 2 is 0.765 bits per heavy atom. The summed E-state index contributed by atoms with van der Waals surface area (Å²) in [4.78, 5) is 2.46. The molecule has 13 aromatic rings. The molecular formula is C66H44N2. The van der Waals surface area contributed by atoms with Crippen molar-refractivity contribution in [3.05, 3.63) is 267 Å². The van der Waals surface area contributed by atoms with E-state index < -0.39 is 0 Å². The third-order valence-corrected chi connectivity index (χ3v) is 13.8. The zero-order valence-electron chi connectivity index (χ0n) is 37.3. The van der Waals surface area contributed by atoms with E-state index in [1.807, 2.05) is 0 Å². The number of hydrogen-bond acceptors (Lipinski definition) is 1. The van der Waals surface area contributed by atoms with Crippen LogP contribution in [0.4, 0.5) is 17.1 Å². The van der Waals surface area contributed by atoms with E-state index >= 15 is 0 Å². The second-order valence-electron chi connectivity index (χ2n) is 17.7. The van der Waals surface area contributed by atoms with Crippen molar-refractivity contribution in [3.63, 3.8) is 0 Å². The van der Waals surface area contributed by atoms with Gasteiger partial charge in [-0.05, 0) is 115 Å². The Balaban J connectivity index is 0.993. The fourth-order valence-electron chi connectivity index (χ4n) is 10.5. The molecule has 13 rings (SSSR count). The number of anilines is 3. The van der Waals surface area contributed by atoms with Crippen molar-refractivity contribution in [2.45, 2.75) is 0 Å². The van der Waals surface area contributed by atoms with Crippen LogP contribution < -0.4 is 4.90 Å². The molecule has 1 heterocycles. The molecule has 0 aliphatic heterocycles. The van der Waals surface area contributed by atoms with Gasteiger partial charge >= 0.3 is 0 Å². The summed E-state index contributed by atoms with van der Waals surface area (Å²) in [7, 11) is 0. The molecule has 0 saturated carbocycles. The smallest absolute Gasteiger partial charge is 0.0547 e. The zero-order chi connectivity index (χ0) is 45.0. The van der Waals surface area contributed by atoms with Gasteiger partial charge in [0.2, 0.25) is 0 Å². The topological polar surface area (TPSA) is 8.17 Å². The van der Waals surface area contributed by atoms with Crippen LogP contribution in [-0.2, 0) is 0 Å². The lowest BCUT2D eigenvalue weighted by molar-refractivity contribution is 1.18. The molecule has 12 aromatic carbocycles. The van der Waals surface area contributed by atoms with Crippen molar-refractivity contribution in [1.29, 1.82) is 0 Å². The molecule has 2 heteroatoms. The molecule has 0 N–H and O–H groups in total. The minimum absolute atomic E-state index is 1.07. The lowest BCUT2D eigenvalue weighted by Gasteiger charge is -2.30. The SMILES string of the molecule is c1ccc(-c2ccc(-c3ccccc3N(c3ccc(-c4ccc5c(ccc6ccccc65)c4)cc3)c3ccccc3-c3ccccc3-n3c4ccccc4c4cc5ccccc5cc43)cc2)cc1. The summed E-state index contributed by atoms with van der Waals surface area (Å²) < 4.78 is 2.47. The van der Waals surface area contributed by atoms with Crippen LogP contribution in [0.15, 0.2) is 267 Å². The first-order valence-corrected chi connectivity index (χ1v) is 23.4. The summed E-state index contributed by atoms with van der Waals surface area (Å²) in [6, 6.07) is 97.6. The van der Waals surface area contributed by atoms with E-state index in [2.05, 4.69) is 276 Å². The highest BCUT2D eigenvalue weighted by molar-refractivity contribution is 6.14. The molecule has 0 spiro atoms. The van der Waals surface area contributed by atoms with E-state index in [9.17, 15) is 0 Å². The van der Waals surface area contributed by atoms with Crippen LogP contribution >= 0.6 is 0 Å². The number of rotatable bonds is 8. The molecule has 2 nitrogen and oxygen atoms in total. The summed E-state index contributed by atoms with van der Waals surface area (Å²) >= 11 is 0. The van der Waals surface area contributed by atoms with Gasteiger partial charge in [0.25, 0.3) is 0 Å². The van der Waals surface area contributed by atoms with E-state index in [1.54, 1.807) is 0 Å². The summed E-state index contributed by atoms with van der Waals surface area (Å²) in [6.45, 7) is 0. The van der Waals surface area contributed by atoms with Gasteiger partial charge in [-0.3, -0.25) is 0 Å². The molecule has 318 valence electrons. The molecule has 0 unspecified atom stereocenters. The summed E-state index contributed by atoms with van der Waals surface area (Å²) in [5.41, 5.74) is 16.1. The van der Waals surface area contributed by atoms with E-state index in [-0.39, 0.29) is 0 Å². The van der Waals surface area contributed by atoms with Crippen LogP contribution in [0.25, 0.3) is 104 Å². The number of nitrogens with zero attached hydrogens (tertiary/aromatic N) is 2. The van der Waals surface area contributed by atoms with Crippen molar-refractivity contribution < 1.29 is 0 Å². The molecule has 0 radical (unpaired) electrons. The molecule has 68 heavy (non-hydrogen) atoms.